The zero-order valence-electron chi connectivity index (χ0n) is 14.7. The van der Waals surface area contributed by atoms with Crippen LogP contribution in [0.2, 0.25) is 0 Å². The van der Waals surface area contributed by atoms with Gasteiger partial charge in [0.1, 0.15) is 11.3 Å². The second-order valence-electron chi connectivity index (χ2n) is 7.35. The van der Waals surface area contributed by atoms with Crippen LogP contribution in [-0.4, -0.2) is 64.3 Å². The molecule has 25 heavy (non-hydrogen) atoms. The van der Waals surface area contributed by atoms with Crippen LogP contribution in [0.5, 0.6) is 0 Å². The first-order valence-electron chi connectivity index (χ1n) is 8.74. The largest absolute Gasteiger partial charge is 0.370 e. The van der Waals surface area contributed by atoms with Crippen LogP contribution in [0.3, 0.4) is 0 Å². The number of carbonyl (C=O) groups excluding carboxylic acids is 1. The highest BCUT2D eigenvalue weighted by molar-refractivity contribution is 5.93. The van der Waals surface area contributed by atoms with Gasteiger partial charge in [-0.1, -0.05) is 30.3 Å². The number of likely N-dealkylation sites (tertiary alicyclic amines) is 1. The Labute approximate surface area is 147 Å². The van der Waals surface area contributed by atoms with Crippen molar-refractivity contribution in [3.05, 3.63) is 53.3 Å². The molecule has 0 radical (unpaired) electrons. The van der Waals surface area contributed by atoms with E-state index in [1.165, 1.54) is 5.56 Å². The maximum Gasteiger partial charge on any atom is 0.274 e. The summed E-state index contributed by atoms with van der Waals surface area (Å²) >= 11 is 0. The predicted octanol–water partition coefficient (Wildman–Crippen LogP) is 1.83. The maximum absolute atomic E-state index is 12.4. The molecular formula is C19H24N4O2. The third kappa shape index (κ3) is 3.19. The lowest BCUT2D eigenvalue weighted by Crippen LogP contribution is -2.63. The Kier molecular flexibility index (Phi) is 4.09. The summed E-state index contributed by atoms with van der Waals surface area (Å²) in [4.78, 5) is 16.6. The van der Waals surface area contributed by atoms with Crippen molar-refractivity contribution in [3.8, 4) is 0 Å². The number of aromatic nitrogens is 2. The van der Waals surface area contributed by atoms with Crippen molar-refractivity contribution in [2.24, 2.45) is 0 Å². The Bertz CT molecular complexity index is 752. The van der Waals surface area contributed by atoms with E-state index in [0.29, 0.717) is 24.8 Å². The molecule has 0 saturated carbocycles. The van der Waals surface area contributed by atoms with Crippen molar-refractivity contribution < 1.29 is 9.53 Å². The number of carbonyl (C=O) groups is 1. The third-order valence-electron chi connectivity index (χ3n) is 5.26. The molecule has 1 spiro atoms. The summed E-state index contributed by atoms with van der Waals surface area (Å²) in [6, 6.07) is 12.7. The van der Waals surface area contributed by atoms with Crippen LogP contribution < -0.4 is 0 Å². The van der Waals surface area contributed by atoms with Gasteiger partial charge in [-0.05, 0) is 32.0 Å². The number of rotatable bonds is 4. The van der Waals surface area contributed by atoms with Crippen LogP contribution in [0.15, 0.2) is 36.4 Å². The van der Waals surface area contributed by atoms with Gasteiger partial charge in [-0.3, -0.25) is 14.8 Å². The number of likely N-dealkylation sites (N-methyl/N-ethyl adjacent to an activating group) is 1. The number of H-pyrrole nitrogens is 1. The van der Waals surface area contributed by atoms with E-state index in [4.69, 9.17) is 4.74 Å². The molecule has 0 aliphatic carbocycles. The van der Waals surface area contributed by atoms with E-state index in [0.717, 1.165) is 25.3 Å². The van der Waals surface area contributed by atoms with E-state index < -0.39 is 0 Å². The van der Waals surface area contributed by atoms with Gasteiger partial charge in [0.15, 0.2) is 0 Å². The van der Waals surface area contributed by atoms with Gasteiger partial charge in [0, 0.05) is 18.3 Å². The molecule has 6 nitrogen and oxygen atoms in total. The van der Waals surface area contributed by atoms with Crippen molar-refractivity contribution >= 4 is 5.91 Å². The van der Waals surface area contributed by atoms with Crippen LogP contribution in [-0.2, 0) is 11.3 Å². The fraction of sp³-hybridized carbons (Fsp3) is 0.474. The quantitative estimate of drug-likeness (QED) is 0.922. The second-order valence-corrected chi connectivity index (χ2v) is 7.35. The molecule has 1 atom stereocenters. The van der Waals surface area contributed by atoms with E-state index >= 15 is 0 Å². The number of aryl methyl sites for hydroxylation is 1. The molecule has 1 amide bonds. The third-order valence-corrected chi connectivity index (χ3v) is 5.26. The highest BCUT2D eigenvalue weighted by Crippen LogP contribution is 2.37. The van der Waals surface area contributed by atoms with E-state index in [9.17, 15) is 4.79 Å². The fourth-order valence-electron chi connectivity index (χ4n) is 3.81. The Morgan fingerprint density at radius 2 is 2.16 bits per heavy atom. The molecule has 2 fully saturated rings. The predicted molar refractivity (Wildman–Crippen MR) is 94.2 cm³/mol. The standard InChI is InChI=1S/C19H24N4O2/c1-14-8-17(21-20-14)18(24)23-12-19(13-23)9-16(11-25-19)22(2)10-15-6-4-3-5-7-15/h3-8,16H,9-13H2,1-2H3,(H,20,21). The number of hydrogen-bond acceptors (Lipinski definition) is 4. The normalized spacial score (nSPS) is 21.7. The molecule has 1 N–H and O–H groups in total. The van der Waals surface area contributed by atoms with Gasteiger partial charge in [-0.2, -0.15) is 5.10 Å². The van der Waals surface area contributed by atoms with Crippen LogP contribution in [0.4, 0.5) is 0 Å². The second kappa shape index (κ2) is 6.28. The molecule has 6 heteroatoms. The Morgan fingerprint density at radius 3 is 2.84 bits per heavy atom. The topological polar surface area (TPSA) is 61.5 Å². The van der Waals surface area contributed by atoms with Gasteiger partial charge in [-0.25, -0.2) is 0 Å². The molecular weight excluding hydrogens is 316 g/mol. The molecule has 1 aromatic carbocycles. The van der Waals surface area contributed by atoms with Crippen molar-refractivity contribution in [3.63, 3.8) is 0 Å². The van der Waals surface area contributed by atoms with E-state index in [2.05, 4.69) is 46.4 Å². The molecule has 2 aromatic rings. The summed E-state index contributed by atoms with van der Waals surface area (Å²) in [6.45, 7) is 4.86. The number of nitrogens with one attached hydrogen (secondary N) is 1. The molecule has 1 aromatic heterocycles. The summed E-state index contributed by atoms with van der Waals surface area (Å²) in [5.41, 5.74) is 2.53. The van der Waals surface area contributed by atoms with Gasteiger partial charge in [0.2, 0.25) is 0 Å². The maximum atomic E-state index is 12.4. The fourth-order valence-corrected chi connectivity index (χ4v) is 3.81. The SMILES string of the molecule is Cc1cc(C(=O)N2CC3(CC(N(C)Cc4ccccc4)CO3)C2)n[nH]1. The average molecular weight is 340 g/mol. The van der Waals surface area contributed by atoms with Gasteiger partial charge < -0.3 is 9.64 Å². The van der Waals surface area contributed by atoms with Crippen LogP contribution in [0, 0.1) is 6.92 Å². The minimum absolute atomic E-state index is 0.0142. The van der Waals surface area contributed by atoms with Crippen molar-refractivity contribution in [1.82, 2.24) is 20.0 Å². The molecule has 0 bridgehead atoms. The number of aromatic amines is 1. The summed E-state index contributed by atoms with van der Waals surface area (Å²) in [5.74, 6) is -0.0142. The smallest absolute Gasteiger partial charge is 0.274 e. The highest BCUT2D eigenvalue weighted by atomic mass is 16.5. The molecule has 4 rings (SSSR count). The van der Waals surface area contributed by atoms with Gasteiger partial charge in [-0.15, -0.1) is 0 Å². The van der Waals surface area contributed by atoms with Crippen LogP contribution >= 0.6 is 0 Å². The molecule has 2 aliphatic heterocycles. The number of amides is 1. The van der Waals surface area contributed by atoms with Gasteiger partial charge in [0.25, 0.3) is 5.91 Å². The molecule has 132 valence electrons. The first-order valence-corrected chi connectivity index (χ1v) is 8.74. The summed E-state index contributed by atoms with van der Waals surface area (Å²) in [5, 5.41) is 6.88. The summed E-state index contributed by atoms with van der Waals surface area (Å²) < 4.78 is 6.11. The first kappa shape index (κ1) is 16.3. The van der Waals surface area contributed by atoms with Crippen molar-refractivity contribution in [1.29, 1.82) is 0 Å². The average Bonchev–Trinajstić information content (AvgIpc) is 3.20. The minimum atomic E-state index is -0.170. The number of ether oxygens (including phenoxy) is 1. The minimum Gasteiger partial charge on any atom is -0.370 e. The number of hydrogen-bond donors (Lipinski definition) is 1. The van der Waals surface area contributed by atoms with E-state index in [-0.39, 0.29) is 11.5 Å². The van der Waals surface area contributed by atoms with Crippen molar-refractivity contribution in [2.45, 2.75) is 31.5 Å². The molecule has 3 heterocycles. The first-order chi connectivity index (χ1) is 12.0. The summed E-state index contributed by atoms with van der Waals surface area (Å²) in [7, 11) is 2.15. The summed E-state index contributed by atoms with van der Waals surface area (Å²) in [6.07, 6.45) is 0.972. The number of benzene rings is 1. The molecule has 2 aliphatic rings. The monoisotopic (exact) mass is 340 g/mol. The van der Waals surface area contributed by atoms with Gasteiger partial charge in [0.05, 0.1) is 19.7 Å². The lowest BCUT2D eigenvalue weighted by atomic mass is 9.88. The highest BCUT2D eigenvalue weighted by Gasteiger charge is 2.52. The van der Waals surface area contributed by atoms with Crippen molar-refractivity contribution in [2.75, 3.05) is 26.7 Å². The van der Waals surface area contributed by atoms with E-state index in [1.807, 2.05) is 17.9 Å². The molecule has 2 saturated heterocycles. The Hall–Kier alpha value is -2.18. The van der Waals surface area contributed by atoms with Crippen LogP contribution in [0.1, 0.15) is 28.2 Å². The Balaban J connectivity index is 1.32. The zero-order chi connectivity index (χ0) is 17.4. The number of nitrogens with zero attached hydrogens (tertiary/aromatic N) is 3. The zero-order valence-corrected chi connectivity index (χ0v) is 14.7. The Morgan fingerprint density at radius 1 is 1.40 bits per heavy atom. The van der Waals surface area contributed by atoms with Gasteiger partial charge >= 0.3 is 0 Å². The lowest BCUT2D eigenvalue weighted by molar-refractivity contribution is -0.0952. The molecule has 1 unspecified atom stereocenters. The van der Waals surface area contributed by atoms with Crippen LogP contribution in [0.25, 0.3) is 0 Å². The lowest BCUT2D eigenvalue weighted by Gasteiger charge is -2.47. The van der Waals surface area contributed by atoms with E-state index in [1.54, 1.807) is 6.07 Å².